The third kappa shape index (κ3) is 5.62. The van der Waals surface area contributed by atoms with E-state index in [0.29, 0.717) is 30.5 Å². The number of rotatable bonds is 4. The lowest BCUT2D eigenvalue weighted by molar-refractivity contribution is 0.00636. The largest absolute Gasteiger partial charge is 0.506 e. The fraction of sp³-hybridized carbons (Fsp3) is 0.469. The number of aromatic nitrogens is 2. The monoisotopic (exact) mass is 574 g/mol. The molecule has 2 amide bonds. The molecule has 1 aromatic heterocycles. The first kappa shape index (κ1) is 27.9. The molecular formula is C32H38N4O6. The minimum absolute atomic E-state index is 0.141. The molecule has 3 heterocycles. The van der Waals surface area contributed by atoms with Gasteiger partial charge in [-0.2, -0.15) is 0 Å². The highest BCUT2D eigenvalue weighted by atomic mass is 16.6. The lowest BCUT2D eigenvalue weighted by atomic mass is 9.80. The molecule has 1 saturated carbocycles. The summed E-state index contributed by atoms with van der Waals surface area (Å²) in [6.07, 6.45) is 3.01. The number of aromatic hydroxyl groups is 1. The van der Waals surface area contributed by atoms with Crippen LogP contribution in [-0.4, -0.2) is 68.7 Å². The van der Waals surface area contributed by atoms with Gasteiger partial charge in [-0.1, -0.05) is 42.8 Å². The number of carbonyl (C=O) groups is 2. The van der Waals surface area contributed by atoms with Gasteiger partial charge < -0.3 is 24.2 Å². The highest BCUT2D eigenvalue weighted by molar-refractivity contribution is 5.71. The van der Waals surface area contributed by atoms with Crippen LogP contribution in [0.4, 0.5) is 9.59 Å². The Morgan fingerprint density at radius 3 is 2.55 bits per heavy atom. The minimum atomic E-state index is -0.690. The first-order chi connectivity index (χ1) is 20.2. The van der Waals surface area contributed by atoms with Crippen molar-refractivity contribution in [2.75, 3.05) is 26.2 Å². The van der Waals surface area contributed by atoms with Crippen LogP contribution in [0.3, 0.4) is 0 Å². The Kier molecular flexibility index (Phi) is 7.47. The van der Waals surface area contributed by atoms with E-state index in [1.165, 1.54) is 6.42 Å². The van der Waals surface area contributed by atoms with Crippen molar-refractivity contribution < 1.29 is 28.9 Å². The standard InChI is InChI=1S/C32H38N4O6/c1-32(2,3)42-31(39)35-15-14-25-28-26(35)19-34(30(38)41-20-21-8-5-4-6-9-21)16-17-40-29(28)33-36(25)24-13-12-23(18-27(24)37)22-10-7-11-22/h4-6,8-9,12-13,18,22,26,37H,7,10-11,14-17,19-20H2,1-3H3/t26-/m0/s1. The average molecular weight is 575 g/mol. The fourth-order valence-corrected chi connectivity index (χ4v) is 5.83. The molecule has 0 unspecified atom stereocenters. The van der Waals surface area contributed by atoms with Crippen molar-refractivity contribution in [3.05, 3.63) is 70.9 Å². The molecule has 1 N–H and O–H groups in total. The van der Waals surface area contributed by atoms with Crippen molar-refractivity contribution in [3.8, 4) is 17.3 Å². The molecule has 6 rings (SSSR count). The smallest absolute Gasteiger partial charge is 0.410 e. The summed E-state index contributed by atoms with van der Waals surface area (Å²) in [7, 11) is 0. The van der Waals surface area contributed by atoms with Crippen LogP contribution in [-0.2, 0) is 22.5 Å². The Hall–Kier alpha value is -4.21. The summed E-state index contributed by atoms with van der Waals surface area (Å²) in [5.41, 5.74) is 3.45. The topological polar surface area (TPSA) is 106 Å². The van der Waals surface area contributed by atoms with Crippen molar-refractivity contribution in [3.63, 3.8) is 0 Å². The van der Waals surface area contributed by atoms with Gasteiger partial charge in [0.25, 0.3) is 0 Å². The predicted octanol–water partition coefficient (Wildman–Crippen LogP) is 5.71. The van der Waals surface area contributed by atoms with Gasteiger partial charge in [0.15, 0.2) is 0 Å². The van der Waals surface area contributed by atoms with Crippen LogP contribution in [0, 0.1) is 0 Å². The minimum Gasteiger partial charge on any atom is -0.506 e. The lowest BCUT2D eigenvalue weighted by Gasteiger charge is -2.40. The molecule has 1 atom stereocenters. The van der Waals surface area contributed by atoms with Gasteiger partial charge in [-0.05, 0) is 62.8 Å². The first-order valence-corrected chi connectivity index (χ1v) is 14.7. The molecule has 1 fully saturated rings. The Balaban J connectivity index is 1.33. The molecule has 0 spiro atoms. The van der Waals surface area contributed by atoms with Gasteiger partial charge in [0.1, 0.15) is 30.3 Å². The molecule has 3 aliphatic rings. The van der Waals surface area contributed by atoms with Crippen LogP contribution in [0.25, 0.3) is 5.69 Å². The second-order valence-corrected chi connectivity index (χ2v) is 12.2. The van der Waals surface area contributed by atoms with Gasteiger partial charge >= 0.3 is 12.2 Å². The molecule has 10 nitrogen and oxygen atoms in total. The van der Waals surface area contributed by atoms with Crippen LogP contribution in [0.1, 0.15) is 74.4 Å². The van der Waals surface area contributed by atoms with E-state index >= 15 is 0 Å². The van der Waals surface area contributed by atoms with E-state index in [4.69, 9.17) is 19.3 Å². The van der Waals surface area contributed by atoms with E-state index < -0.39 is 23.8 Å². The molecule has 0 saturated heterocycles. The van der Waals surface area contributed by atoms with Crippen LogP contribution >= 0.6 is 0 Å². The summed E-state index contributed by atoms with van der Waals surface area (Å²) in [5.74, 6) is 1.04. The molecule has 3 aromatic rings. The fourth-order valence-electron chi connectivity index (χ4n) is 5.83. The van der Waals surface area contributed by atoms with E-state index in [2.05, 4.69) is 6.07 Å². The zero-order chi connectivity index (χ0) is 29.4. The maximum atomic E-state index is 13.4. The summed E-state index contributed by atoms with van der Waals surface area (Å²) >= 11 is 0. The molecule has 0 radical (unpaired) electrons. The van der Waals surface area contributed by atoms with E-state index in [9.17, 15) is 14.7 Å². The normalized spacial score (nSPS) is 18.7. The van der Waals surface area contributed by atoms with E-state index in [1.807, 2.05) is 63.2 Å². The maximum absolute atomic E-state index is 13.4. The van der Waals surface area contributed by atoms with Gasteiger partial charge in [-0.15, -0.1) is 5.10 Å². The summed E-state index contributed by atoms with van der Waals surface area (Å²) in [6, 6.07) is 14.7. The van der Waals surface area contributed by atoms with Gasteiger partial charge in [0.05, 0.1) is 23.8 Å². The van der Waals surface area contributed by atoms with E-state index in [1.54, 1.807) is 14.5 Å². The number of carbonyl (C=O) groups excluding carboxylic acids is 2. The zero-order valence-electron chi connectivity index (χ0n) is 24.4. The van der Waals surface area contributed by atoms with Crippen LogP contribution < -0.4 is 4.74 Å². The Bertz CT molecular complexity index is 1460. The number of benzene rings is 2. The Labute approximate surface area is 245 Å². The van der Waals surface area contributed by atoms with Crippen molar-refractivity contribution in [1.29, 1.82) is 0 Å². The van der Waals surface area contributed by atoms with E-state index in [-0.39, 0.29) is 32.1 Å². The number of hydrogen-bond donors (Lipinski definition) is 1. The van der Waals surface area contributed by atoms with Crippen molar-refractivity contribution in [2.24, 2.45) is 0 Å². The van der Waals surface area contributed by atoms with Crippen molar-refractivity contribution in [1.82, 2.24) is 19.6 Å². The number of ether oxygens (including phenoxy) is 3. The summed E-state index contributed by atoms with van der Waals surface area (Å²) in [4.78, 5) is 29.9. The molecule has 222 valence electrons. The highest BCUT2D eigenvalue weighted by Gasteiger charge is 2.42. The van der Waals surface area contributed by atoms with Gasteiger partial charge in [0, 0.05) is 19.5 Å². The molecule has 42 heavy (non-hydrogen) atoms. The van der Waals surface area contributed by atoms with Gasteiger partial charge in [-0.25, -0.2) is 14.3 Å². The number of amides is 2. The predicted molar refractivity (Wildman–Crippen MR) is 155 cm³/mol. The number of nitrogens with zero attached hydrogens (tertiary/aromatic N) is 4. The van der Waals surface area contributed by atoms with Crippen LogP contribution in [0.5, 0.6) is 11.6 Å². The summed E-state index contributed by atoms with van der Waals surface area (Å²) in [6.45, 7) is 6.63. The summed E-state index contributed by atoms with van der Waals surface area (Å²) < 4.78 is 19.3. The Morgan fingerprint density at radius 1 is 1.07 bits per heavy atom. The number of phenols is 1. The second-order valence-electron chi connectivity index (χ2n) is 12.2. The first-order valence-electron chi connectivity index (χ1n) is 14.7. The van der Waals surface area contributed by atoms with Crippen LogP contribution in [0.15, 0.2) is 48.5 Å². The molecule has 2 aromatic carbocycles. The van der Waals surface area contributed by atoms with Gasteiger partial charge in [0.2, 0.25) is 5.88 Å². The summed E-state index contributed by atoms with van der Waals surface area (Å²) in [5, 5.41) is 15.9. The molecule has 2 aliphatic heterocycles. The molecular weight excluding hydrogens is 536 g/mol. The molecule has 0 bridgehead atoms. The molecule has 10 heteroatoms. The zero-order valence-corrected chi connectivity index (χ0v) is 24.4. The van der Waals surface area contributed by atoms with Gasteiger partial charge in [-0.3, -0.25) is 4.90 Å². The van der Waals surface area contributed by atoms with Crippen molar-refractivity contribution in [2.45, 2.75) is 70.6 Å². The second kappa shape index (κ2) is 11.2. The Morgan fingerprint density at radius 2 is 1.86 bits per heavy atom. The third-order valence-corrected chi connectivity index (χ3v) is 8.18. The lowest BCUT2D eigenvalue weighted by Crippen LogP contribution is -2.49. The number of hydrogen-bond acceptors (Lipinski definition) is 7. The van der Waals surface area contributed by atoms with Crippen molar-refractivity contribution >= 4 is 12.2 Å². The van der Waals surface area contributed by atoms with E-state index in [0.717, 1.165) is 35.2 Å². The maximum Gasteiger partial charge on any atom is 0.410 e. The highest BCUT2D eigenvalue weighted by Crippen LogP contribution is 2.42. The average Bonchev–Trinajstić information content (AvgIpc) is 3.27. The van der Waals surface area contributed by atoms with Crippen LogP contribution in [0.2, 0.25) is 0 Å². The third-order valence-electron chi connectivity index (χ3n) is 8.18. The SMILES string of the molecule is CC(C)(C)OC(=O)N1CCc2c3c(nn2-c2ccc(C4CCC4)cc2O)OCCN(C(=O)OCc2ccccc2)C[C@@H]31. The molecule has 1 aliphatic carbocycles. The quantitative estimate of drug-likeness (QED) is 0.425. The number of phenolic OH excluding ortho intramolecular Hbond substituents is 1.